The highest BCUT2D eigenvalue weighted by Gasteiger charge is 2.53. The van der Waals surface area contributed by atoms with Crippen molar-refractivity contribution in [2.45, 2.75) is 119 Å². The minimum Gasteiger partial charge on any atom is -0.387 e. The number of nitrogens with two attached hydrogens (primary N) is 4. The van der Waals surface area contributed by atoms with Crippen molar-refractivity contribution < 1.29 is 162 Å². The maximum absolute atomic E-state index is 13.2. The SMILES string of the molecule is CC(C)(COP(=O)(O)OP(=O)(O)OCC1OC(n2cnc3c(N)ncnc32)C(O)C1OP(=O)(O)O)C(O)C(=O)NCCC(=O)NCCSC(=O)C(N)CC(=O)C(O)c1cc[n+](C2OC(COP(=O)(O)OP(=O)(O)OCC3OC(n4cnc5c(N)ncnc54)C(O)C3O)C(O)C2O)cc1C(N)=O. The normalized spacial score (nSPS) is 26.7. The number of thioether (sulfide) groups is 1. The zero-order chi connectivity index (χ0) is 74.6. The molecule has 3 saturated heterocycles. The van der Waals surface area contributed by atoms with Gasteiger partial charge in [0, 0.05) is 48.7 Å². The molecule has 3 aliphatic heterocycles. The molecular weight excluding hydrogens is 1490 g/mol. The number of carbonyl (C=O) groups excluding carboxylic acids is 5. The van der Waals surface area contributed by atoms with Crippen LogP contribution in [0.4, 0.5) is 11.6 Å². The van der Waals surface area contributed by atoms with Crippen molar-refractivity contribution in [1.29, 1.82) is 0 Å². The molecule has 0 radical (unpaired) electrons. The van der Waals surface area contributed by atoms with Crippen LogP contribution in [0, 0.1) is 5.41 Å². The summed E-state index contributed by atoms with van der Waals surface area (Å²) in [6.07, 6.45) is -20.0. The van der Waals surface area contributed by atoms with Crippen molar-refractivity contribution in [2.75, 3.05) is 56.7 Å². The lowest BCUT2D eigenvalue weighted by atomic mass is 9.87. The first-order valence-corrected chi connectivity index (χ1v) is 37.5. The number of aliphatic hydroxyl groups excluding tert-OH is 7. The van der Waals surface area contributed by atoms with Gasteiger partial charge in [-0.25, -0.2) is 52.7 Å². The molecule has 19 atom stereocenters. The van der Waals surface area contributed by atoms with E-state index in [0.717, 1.165) is 60.4 Å². The lowest BCUT2D eigenvalue weighted by Gasteiger charge is -2.30. The van der Waals surface area contributed by atoms with Gasteiger partial charge in [0.25, 0.3) is 12.1 Å². The number of nitrogens with zero attached hydrogens (tertiary/aromatic N) is 9. The molecule has 23 N–H and O–H groups in total. The van der Waals surface area contributed by atoms with Gasteiger partial charge < -0.3 is 113 Å². The van der Waals surface area contributed by atoms with E-state index in [4.69, 9.17) is 55.2 Å². The summed E-state index contributed by atoms with van der Waals surface area (Å²) in [7, 11) is -27.9. The Morgan fingerprint density at radius 3 is 1.73 bits per heavy atom. The molecule has 3 aliphatic rings. The van der Waals surface area contributed by atoms with Crippen LogP contribution in [0.25, 0.3) is 22.3 Å². The second-order valence-electron chi connectivity index (χ2n) is 22.8. The number of aromatic nitrogens is 9. The third-order valence-electron chi connectivity index (χ3n) is 15.0. The molecule has 560 valence electrons. The van der Waals surface area contributed by atoms with Crippen LogP contribution in [-0.4, -0.2) is 245 Å². The Kier molecular flexibility index (Phi) is 26.1. The number of amides is 3. The Labute approximate surface area is 570 Å². The van der Waals surface area contributed by atoms with Gasteiger partial charge in [0.1, 0.15) is 90.3 Å². The van der Waals surface area contributed by atoms with Crippen molar-refractivity contribution in [3.05, 3.63) is 54.9 Å². The first-order valence-electron chi connectivity index (χ1n) is 29.0. The third kappa shape index (κ3) is 20.4. The van der Waals surface area contributed by atoms with E-state index in [2.05, 4.69) is 53.7 Å². The maximum atomic E-state index is 13.2. The molecule has 0 aliphatic carbocycles. The molecule has 54 heteroatoms. The summed E-state index contributed by atoms with van der Waals surface area (Å²) in [6, 6.07) is -0.568. The molecule has 8 rings (SSSR count). The minimum absolute atomic E-state index is 0.0133. The number of hydrogen-bond acceptors (Lipinski definition) is 37. The van der Waals surface area contributed by atoms with Crippen LogP contribution in [0.5, 0.6) is 0 Å². The number of nitrogen functional groups attached to an aromatic ring is 2. The van der Waals surface area contributed by atoms with Gasteiger partial charge in [0.2, 0.25) is 16.9 Å². The van der Waals surface area contributed by atoms with Crippen molar-refractivity contribution in [3.8, 4) is 0 Å². The highest BCUT2D eigenvalue weighted by Crippen LogP contribution is 2.62. The zero-order valence-electron chi connectivity index (χ0n) is 52.0. The van der Waals surface area contributed by atoms with E-state index in [1.807, 2.05) is 0 Å². The molecule has 0 spiro atoms. The zero-order valence-corrected chi connectivity index (χ0v) is 57.3. The number of pyridine rings is 1. The van der Waals surface area contributed by atoms with Crippen LogP contribution < -0.4 is 38.1 Å². The van der Waals surface area contributed by atoms with E-state index in [-0.39, 0.29) is 46.3 Å². The maximum Gasteiger partial charge on any atom is 0.481 e. The Hall–Kier alpha value is -5.86. The van der Waals surface area contributed by atoms with Crippen molar-refractivity contribution in [3.63, 3.8) is 0 Å². The molecule has 48 nitrogen and oxygen atoms in total. The van der Waals surface area contributed by atoms with E-state index in [9.17, 15) is 112 Å². The van der Waals surface area contributed by atoms with Gasteiger partial charge in [-0.05, 0) is 0 Å². The number of ketones is 1. The number of aliphatic hydroxyl groups is 7. The first-order chi connectivity index (χ1) is 47.0. The lowest BCUT2D eigenvalue weighted by molar-refractivity contribution is -0.765. The van der Waals surface area contributed by atoms with Gasteiger partial charge in [0.05, 0.1) is 45.1 Å². The molecule has 5 aromatic heterocycles. The van der Waals surface area contributed by atoms with Crippen molar-refractivity contribution in [2.24, 2.45) is 16.9 Å². The monoisotopic (exact) mass is 1560 g/mol. The van der Waals surface area contributed by atoms with Crippen LogP contribution in [0.3, 0.4) is 0 Å². The second kappa shape index (κ2) is 32.7. The number of anilines is 2. The van der Waals surface area contributed by atoms with E-state index in [1.54, 1.807) is 0 Å². The van der Waals surface area contributed by atoms with Crippen LogP contribution in [-0.2, 0) is 87.5 Å². The number of phosphoric acid groups is 5. The molecule has 0 bridgehead atoms. The molecule has 0 aromatic carbocycles. The van der Waals surface area contributed by atoms with Crippen LogP contribution in [0.1, 0.15) is 67.4 Å². The van der Waals surface area contributed by atoms with E-state index in [0.29, 0.717) is 11.8 Å². The topological polar surface area (TPSA) is 745 Å². The van der Waals surface area contributed by atoms with Crippen LogP contribution >= 0.6 is 50.9 Å². The van der Waals surface area contributed by atoms with Crippen LogP contribution in [0.2, 0.25) is 0 Å². The average molecular weight is 1560 g/mol. The standard InChI is InChI=1S/C47H68N15O33P5S/c1-47(2,14-89-100(84,85)95-99(82,83)88-13-25-35(93-96(75,76)77)34(70)45(92-25)62-18-59-28-38(50)55-16-57-41(28)62)36(71)42(73)53-5-3-26(64)52-6-8-101-46(74)21(48)9-22(63)29(65)19-4-7-60(10-20(19)39(51)72)43-32(68)30(66)23(90-43)11-86-97(78,79)94-98(80,81)87-12-24-31(67)33(69)44(91-24)61-17-58-27-37(49)54-15-56-40(27)61/h4,7,10,15-18,21,23-25,29-36,43-45,65-71H,3,5-6,8-9,11-14,48H2,1-2H3,(H13-,49,50,51,52,53,54,55,56,57,64,72,73,75,76,77,78,79,80,81,82,83,84,85)/p+1. The minimum atomic E-state index is -5.69. The summed E-state index contributed by atoms with van der Waals surface area (Å²) in [6.45, 7) is -2.61. The molecular formula is C47H69N15O33P5S+. The fraction of sp³-hybridized carbons (Fsp3) is 0.574. The summed E-state index contributed by atoms with van der Waals surface area (Å²) >= 11 is 0.570. The number of hydrogen-bond donors (Lipinski definition) is 19. The average Bonchev–Trinajstić information content (AvgIpc) is 1.63. The summed E-state index contributed by atoms with van der Waals surface area (Å²) in [5, 5.41) is 79.5. The van der Waals surface area contributed by atoms with Gasteiger partial charge in [-0.2, -0.15) is 13.2 Å². The fourth-order valence-electron chi connectivity index (χ4n) is 9.88. The van der Waals surface area contributed by atoms with Gasteiger partial charge in [-0.15, -0.1) is 0 Å². The summed E-state index contributed by atoms with van der Waals surface area (Å²) in [5.74, 6) is -4.37. The first kappa shape index (κ1) is 80.8. The highest BCUT2D eigenvalue weighted by atomic mass is 32.2. The summed E-state index contributed by atoms with van der Waals surface area (Å²) in [4.78, 5) is 148. The fourth-order valence-corrected chi connectivity index (χ4v) is 15.5. The number of ether oxygens (including phenoxy) is 3. The van der Waals surface area contributed by atoms with Gasteiger partial charge in [-0.3, -0.25) is 55.7 Å². The summed E-state index contributed by atoms with van der Waals surface area (Å²) < 4.78 is 115. The Morgan fingerprint density at radius 1 is 0.683 bits per heavy atom. The van der Waals surface area contributed by atoms with Gasteiger partial charge in [0.15, 0.2) is 59.7 Å². The predicted molar refractivity (Wildman–Crippen MR) is 329 cm³/mol. The lowest BCUT2D eigenvalue weighted by Crippen LogP contribution is -2.47. The third-order valence-corrected chi connectivity index (χ3v) is 21.7. The Morgan fingerprint density at radius 2 is 1.19 bits per heavy atom. The van der Waals surface area contributed by atoms with Crippen LogP contribution in [0.15, 0.2) is 43.8 Å². The van der Waals surface area contributed by atoms with E-state index < -0.39 is 222 Å². The van der Waals surface area contributed by atoms with E-state index in [1.165, 1.54) is 10.9 Å². The quantitative estimate of drug-likeness (QED) is 0.0102. The number of rotatable bonds is 35. The molecule has 5 aromatic rings. The molecule has 0 saturated carbocycles. The van der Waals surface area contributed by atoms with Crippen molar-refractivity contribution in [1.82, 2.24) is 49.7 Å². The van der Waals surface area contributed by atoms with Gasteiger partial charge >= 0.3 is 39.1 Å². The van der Waals surface area contributed by atoms with Crippen molar-refractivity contribution >= 4 is 113 Å². The molecule has 101 heavy (non-hydrogen) atoms. The van der Waals surface area contributed by atoms with Gasteiger partial charge in [-0.1, -0.05) is 25.6 Å². The predicted octanol–water partition coefficient (Wildman–Crippen LogP) is -6.02. The Bertz CT molecular complexity index is 4120. The number of primary amides is 1. The highest BCUT2D eigenvalue weighted by molar-refractivity contribution is 8.13. The number of carbonyl (C=O) groups is 5. The number of imidazole rings is 2. The Balaban J connectivity index is 0.717. The van der Waals surface area contributed by atoms with E-state index >= 15 is 0 Å². The molecule has 3 amide bonds. The second-order valence-corrected chi connectivity index (χ2v) is 31.2. The number of phosphoric ester groups is 5. The largest absolute Gasteiger partial charge is 0.481 e. The number of fused-ring (bicyclic) bond motifs is 2. The smallest absolute Gasteiger partial charge is 0.387 e. The summed E-state index contributed by atoms with van der Waals surface area (Å²) in [5.41, 5.74) is 20.6. The molecule has 3 fully saturated rings. The molecule has 19 unspecified atom stereocenters. The number of Topliss-reactive ketones (excluding diaryl/α,β-unsaturated/α-hetero) is 1. The molecule has 8 heterocycles. The number of nitrogens with one attached hydrogen (secondary N) is 2.